The first-order valence-corrected chi connectivity index (χ1v) is 8.17. The van der Waals surface area contributed by atoms with Crippen molar-refractivity contribution in [3.05, 3.63) is 23.9 Å². The third kappa shape index (κ3) is 5.49. The van der Waals surface area contributed by atoms with Crippen molar-refractivity contribution in [2.24, 2.45) is 0 Å². The van der Waals surface area contributed by atoms with E-state index in [9.17, 15) is 0 Å². The molecule has 1 N–H and O–H groups in total. The quantitative estimate of drug-likeness (QED) is 0.696. The van der Waals surface area contributed by atoms with E-state index in [-0.39, 0.29) is 0 Å². The van der Waals surface area contributed by atoms with Crippen molar-refractivity contribution in [3.8, 4) is 0 Å². The fraction of sp³-hybridized carbons (Fsp3) is 0.706. The summed E-state index contributed by atoms with van der Waals surface area (Å²) in [6.07, 6.45) is 6.96. The number of hydrogen-bond donors (Lipinski definition) is 1. The SMILES string of the molecule is CCCCN(CCCC)c1ccc(C(C)NCC)cn1. The summed E-state index contributed by atoms with van der Waals surface area (Å²) in [6.45, 7) is 12.0. The zero-order valence-corrected chi connectivity index (χ0v) is 13.7. The molecule has 0 aromatic carbocycles. The van der Waals surface area contributed by atoms with Gasteiger partial charge in [0.2, 0.25) is 0 Å². The molecule has 0 radical (unpaired) electrons. The molecular weight excluding hydrogens is 246 g/mol. The van der Waals surface area contributed by atoms with E-state index in [2.05, 4.69) is 55.0 Å². The lowest BCUT2D eigenvalue weighted by atomic mass is 10.1. The van der Waals surface area contributed by atoms with Crippen molar-refractivity contribution in [1.82, 2.24) is 10.3 Å². The van der Waals surface area contributed by atoms with Gasteiger partial charge in [0.05, 0.1) is 0 Å². The lowest BCUT2D eigenvalue weighted by Gasteiger charge is -2.24. The Morgan fingerprint density at radius 2 is 1.75 bits per heavy atom. The monoisotopic (exact) mass is 277 g/mol. The van der Waals surface area contributed by atoms with Gasteiger partial charge in [-0.3, -0.25) is 0 Å². The van der Waals surface area contributed by atoms with E-state index in [0.29, 0.717) is 6.04 Å². The summed E-state index contributed by atoms with van der Waals surface area (Å²) in [6, 6.07) is 4.76. The fourth-order valence-electron chi connectivity index (χ4n) is 2.30. The predicted molar refractivity (Wildman–Crippen MR) is 88.4 cm³/mol. The smallest absolute Gasteiger partial charge is 0.128 e. The molecule has 1 atom stereocenters. The highest BCUT2D eigenvalue weighted by molar-refractivity contribution is 5.39. The number of nitrogens with one attached hydrogen (secondary N) is 1. The molecule has 3 heteroatoms. The number of hydrogen-bond acceptors (Lipinski definition) is 3. The summed E-state index contributed by atoms with van der Waals surface area (Å²) in [4.78, 5) is 7.10. The maximum atomic E-state index is 4.67. The first-order chi connectivity index (χ1) is 9.72. The molecule has 1 rings (SSSR count). The minimum absolute atomic E-state index is 0.376. The van der Waals surface area contributed by atoms with Crippen molar-refractivity contribution in [2.45, 2.75) is 59.4 Å². The summed E-state index contributed by atoms with van der Waals surface area (Å²) in [5, 5.41) is 3.43. The van der Waals surface area contributed by atoms with Crippen LogP contribution in [0.4, 0.5) is 5.82 Å². The third-order valence-electron chi connectivity index (χ3n) is 3.67. The van der Waals surface area contributed by atoms with E-state index >= 15 is 0 Å². The van der Waals surface area contributed by atoms with E-state index in [1.54, 1.807) is 0 Å². The van der Waals surface area contributed by atoms with Crippen LogP contribution >= 0.6 is 0 Å². The van der Waals surface area contributed by atoms with E-state index in [0.717, 1.165) is 25.5 Å². The topological polar surface area (TPSA) is 28.2 Å². The summed E-state index contributed by atoms with van der Waals surface area (Å²) in [5.41, 5.74) is 1.27. The molecule has 114 valence electrons. The van der Waals surface area contributed by atoms with Crippen molar-refractivity contribution < 1.29 is 0 Å². The van der Waals surface area contributed by atoms with E-state index in [1.165, 1.54) is 31.2 Å². The Hall–Kier alpha value is -1.09. The minimum Gasteiger partial charge on any atom is -0.357 e. The van der Waals surface area contributed by atoms with E-state index < -0.39 is 0 Å². The molecule has 0 bridgehead atoms. The molecule has 0 saturated carbocycles. The minimum atomic E-state index is 0.376. The number of unbranched alkanes of at least 4 members (excludes halogenated alkanes) is 2. The van der Waals surface area contributed by atoms with E-state index in [4.69, 9.17) is 0 Å². The normalized spacial score (nSPS) is 12.4. The second-order valence-corrected chi connectivity index (χ2v) is 5.42. The molecule has 1 aromatic heterocycles. The number of rotatable bonds is 10. The number of anilines is 1. The summed E-state index contributed by atoms with van der Waals surface area (Å²) < 4.78 is 0. The molecule has 1 unspecified atom stereocenters. The van der Waals surface area contributed by atoms with Gasteiger partial charge in [0.1, 0.15) is 5.82 Å². The molecule has 0 amide bonds. The van der Waals surface area contributed by atoms with Gasteiger partial charge in [0, 0.05) is 25.3 Å². The highest BCUT2D eigenvalue weighted by Crippen LogP contribution is 2.17. The Kier molecular flexibility index (Phi) is 8.28. The van der Waals surface area contributed by atoms with Crippen LogP contribution in [0.25, 0.3) is 0 Å². The zero-order chi connectivity index (χ0) is 14.8. The molecule has 3 nitrogen and oxygen atoms in total. The second-order valence-electron chi connectivity index (χ2n) is 5.42. The molecule has 0 aliphatic heterocycles. The molecule has 0 saturated heterocycles. The van der Waals surface area contributed by atoms with Crippen molar-refractivity contribution >= 4 is 5.82 Å². The van der Waals surface area contributed by atoms with Gasteiger partial charge in [0.15, 0.2) is 0 Å². The van der Waals surface area contributed by atoms with Crippen LogP contribution in [0.3, 0.4) is 0 Å². The van der Waals surface area contributed by atoms with Crippen LogP contribution in [0.15, 0.2) is 18.3 Å². The molecule has 1 heterocycles. The van der Waals surface area contributed by atoms with Crippen LogP contribution in [-0.2, 0) is 0 Å². The van der Waals surface area contributed by atoms with Crippen molar-refractivity contribution in [2.75, 3.05) is 24.5 Å². The molecular formula is C17H31N3. The molecule has 0 aliphatic carbocycles. The van der Waals surface area contributed by atoms with E-state index in [1.807, 2.05) is 6.20 Å². The Bertz CT molecular complexity index is 340. The number of aromatic nitrogens is 1. The number of nitrogens with zero attached hydrogens (tertiary/aromatic N) is 2. The van der Waals surface area contributed by atoms with Gasteiger partial charge in [-0.05, 0) is 37.9 Å². The number of pyridine rings is 1. The van der Waals surface area contributed by atoms with Crippen LogP contribution in [0.1, 0.15) is 65.0 Å². The largest absolute Gasteiger partial charge is 0.357 e. The van der Waals surface area contributed by atoms with Crippen molar-refractivity contribution in [1.29, 1.82) is 0 Å². The van der Waals surface area contributed by atoms with Gasteiger partial charge in [0.25, 0.3) is 0 Å². The van der Waals surface area contributed by atoms with Crippen LogP contribution in [-0.4, -0.2) is 24.6 Å². The Morgan fingerprint density at radius 3 is 2.20 bits per heavy atom. The van der Waals surface area contributed by atoms with Crippen LogP contribution < -0.4 is 10.2 Å². The summed E-state index contributed by atoms with van der Waals surface area (Å²) in [7, 11) is 0. The first-order valence-electron chi connectivity index (χ1n) is 8.17. The molecule has 1 aromatic rings. The lowest BCUT2D eigenvalue weighted by Crippen LogP contribution is -2.26. The zero-order valence-electron chi connectivity index (χ0n) is 13.7. The van der Waals surface area contributed by atoms with Crippen LogP contribution in [0, 0.1) is 0 Å². The molecule has 0 spiro atoms. The fourth-order valence-corrected chi connectivity index (χ4v) is 2.30. The van der Waals surface area contributed by atoms with Crippen LogP contribution in [0.2, 0.25) is 0 Å². The molecule has 0 aliphatic rings. The standard InChI is InChI=1S/C17H31N3/c1-5-8-12-20(13-9-6-2)17-11-10-16(14-19-17)15(4)18-7-3/h10-11,14-15,18H,5-9,12-13H2,1-4H3. The van der Waals surface area contributed by atoms with Gasteiger partial charge < -0.3 is 10.2 Å². The first kappa shape index (κ1) is 17.0. The van der Waals surface area contributed by atoms with Crippen molar-refractivity contribution in [3.63, 3.8) is 0 Å². The average Bonchev–Trinajstić information content (AvgIpc) is 2.48. The second kappa shape index (κ2) is 9.76. The predicted octanol–water partition coefficient (Wildman–Crippen LogP) is 4.16. The van der Waals surface area contributed by atoms with Gasteiger partial charge >= 0.3 is 0 Å². The lowest BCUT2D eigenvalue weighted by molar-refractivity contribution is 0.595. The summed E-state index contributed by atoms with van der Waals surface area (Å²) >= 11 is 0. The van der Waals surface area contributed by atoms with Gasteiger partial charge in [-0.15, -0.1) is 0 Å². The van der Waals surface area contributed by atoms with Gasteiger partial charge in [-0.25, -0.2) is 4.98 Å². The highest BCUT2D eigenvalue weighted by atomic mass is 15.2. The third-order valence-corrected chi connectivity index (χ3v) is 3.67. The Labute approximate surface area is 124 Å². The highest BCUT2D eigenvalue weighted by Gasteiger charge is 2.09. The maximum Gasteiger partial charge on any atom is 0.128 e. The average molecular weight is 277 g/mol. The van der Waals surface area contributed by atoms with Gasteiger partial charge in [-0.1, -0.05) is 39.7 Å². The Balaban J connectivity index is 2.70. The van der Waals surface area contributed by atoms with Gasteiger partial charge in [-0.2, -0.15) is 0 Å². The summed E-state index contributed by atoms with van der Waals surface area (Å²) in [5.74, 6) is 1.12. The molecule has 0 fully saturated rings. The molecule has 20 heavy (non-hydrogen) atoms. The Morgan fingerprint density at radius 1 is 1.10 bits per heavy atom. The van der Waals surface area contributed by atoms with Crippen LogP contribution in [0.5, 0.6) is 0 Å². The maximum absolute atomic E-state index is 4.67.